The van der Waals surface area contributed by atoms with Crippen LogP contribution in [-0.4, -0.2) is 41.1 Å². The molecule has 0 unspecified atom stereocenters. The van der Waals surface area contributed by atoms with Crippen molar-refractivity contribution < 1.29 is 14.7 Å². The molecule has 5 heteroatoms. The van der Waals surface area contributed by atoms with E-state index in [1.54, 1.807) is 4.90 Å². The standard InChI is InChI=1S/C10H18N2O3/c1-7(2)11-10(15)12-5-3-4-8(6-12)9(13)14/h7-8H,3-6H2,1-2H3,(H,11,15)(H,13,14)/t8-/m1/s1. The van der Waals surface area contributed by atoms with E-state index in [1.807, 2.05) is 13.8 Å². The van der Waals surface area contributed by atoms with Crippen molar-refractivity contribution in [3.8, 4) is 0 Å². The number of carboxylic acids is 1. The van der Waals surface area contributed by atoms with Crippen molar-refractivity contribution in [3.63, 3.8) is 0 Å². The van der Waals surface area contributed by atoms with Crippen molar-refractivity contribution >= 4 is 12.0 Å². The van der Waals surface area contributed by atoms with Gasteiger partial charge in [-0.25, -0.2) is 4.79 Å². The molecule has 0 saturated carbocycles. The number of hydrogen-bond acceptors (Lipinski definition) is 2. The second-order valence-corrected chi connectivity index (χ2v) is 4.23. The minimum Gasteiger partial charge on any atom is -0.481 e. The average Bonchev–Trinajstić information content (AvgIpc) is 2.17. The van der Waals surface area contributed by atoms with E-state index in [0.717, 1.165) is 6.42 Å². The first-order valence-corrected chi connectivity index (χ1v) is 5.29. The summed E-state index contributed by atoms with van der Waals surface area (Å²) in [6.45, 7) is 4.75. The number of nitrogens with zero attached hydrogens (tertiary/aromatic N) is 1. The van der Waals surface area contributed by atoms with Gasteiger partial charge >= 0.3 is 12.0 Å². The molecular formula is C10H18N2O3. The zero-order valence-electron chi connectivity index (χ0n) is 9.19. The van der Waals surface area contributed by atoms with E-state index >= 15 is 0 Å². The molecule has 0 bridgehead atoms. The van der Waals surface area contributed by atoms with Crippen molar-refractivity contribution in [3.05, 3.63) is 0 Å². The zero-order valence-corrected chi connectivity index (χ0v) is 9.19. The maximum absolute atomic E-state index is 11.6. The molecule has 1 heterocycles. The highest BCUT2D eigenvalue weighted by atomic mass is 16.4. The van der Waals surface area contributed by atoms with E-state index in [1.165, 1.54) is 0 Å². The van der Waals surface area contributed by atoms with Gasteiger partial charge in [-0.05, 0) is 26.7 Å². The Morgan fingerprint density at radius 1 is 1.47 bits per heavy atom. The number of nitrogens with one attached hydrogen (secondary N) is 1. The van der Waals surface area contributed by atoms with E-state index in [-0.39, 0.29) is 12.1 Å². The van der Waals surface area contributed by atoms with Crippen LogP contribution in [0.25, 0.3) is 0 Å². The molecule has 0 aromatic rings. The van der Waals surface area contributed by atoms with Crippen molar-refractivity contribution in [2.75, 3.05) is 13.1 Å². The Balaban J connectivity index is 2.48. The fraction of sp³-hybridized carbons (Fsp3) is 0.800. The van der Waals surface area contributed by atoms with Gasteiger partial charge in [0.05, 0.1) is 5.92 Å². The van der Waals surface area contributed by atoms with Gasteiger partial charge < -0.3 is 15.3 Å². The zero-order chi connectivity index (χ0) is 11.4. The second kappa shape index (κ2) is 5.00. The molecule has 0 aromatic carbocycles. The van der Waals surface area contributed by atoms with Crippen LogP contribution in [0.3, 0.4) is 0 Å². The molecule has 1 aliphatic heterocycles. The minimum atomic E-state index is -0.808. The normalized spacial score (nSPS) is 21.5. The third-order valence-electron chi connectivity index (χ3n) is 2.47. The molecule has 0 radical (unpaired) electrons. The molecule has 0 aliphatic carbocycles. The molecule has 1 atom stereocenters. The monoisotopic (exact) mass is 214 g/mol. The lowest BCUT2D eigenvalue weighted by Crippen LogP contribution is -2.48. The van der Waals surface area contributed by atoms with Gasteiger partial charge in [-0.15, -0.1) is 0 Å². The lowest BCUT2D eigenvalue weighted by Gasteiger charge is -2.31. The van der Waals surface area contributed by atoms with Gasteiger partial charge in [-0.1, -0.05) is 0 Å². The molecule has 2 N–H and O–H groups in total. The summed E-state index contributed by atoms with van der Waals surface area (Å²) >= 11 is 0. The van der Waals surface area contributed by atoms with Crippen molar-refractivity contribution in [1.82, 2.24) is 10.2 Å². The number of carbonyl (C=O) groups is 2. The van der Waals surface area contributed by atoms with Crippen LogP contribution in [0, 0.1) is 5.92 Å². The molecule has 0 aromatic heterocycles. The third kappa shape index (κ3) is 3.42. The maximum atomic E-state index is 11.6. The van der Waals surface area contributed by atoms with Crippen LogP contribution in [0.4, 0.5) is 4.79 Å². The topological polar surface area (TPSA) is 69.6 Å². The third-order valence-corrected chi connectivity index (χ3v) is 2.47. The van der Waals surface area contributed by atoms with Crippen LogP contribution in [-0.2, 0) is 4.79 Å². The average molecular weight is 214 g/mol. The number of amides is 2. The molecule has 1 fully saturated rings. The van der Waals surface area contributed by atoms with Crippen LogP contribution in [0.15, 0.2) is 0 Å². The first-order chi connectivity index (χ1) is 7.00. The van der Waals surface area contributed by atoms with Gasteiger partial charge in [0.2, 0.25) is 0 Å². The number of piperidine rings is 1. The summed E-state index contributed by atoms with van der Waals surface area (Å²) in [5.41, 5.74) is 0. The van der Waals surface area contributed by atoms with Gasteiger partial charge in [-0.3, -0.25) is 4.79 Å². The fourth-order valence-corrected chi connectivity index (χ4v) is 1.70. The molecular weight excluding hydrogens is 196 g/mol. The summed E-state index contributed by atoms with van der Waals surface area (Å²) in [4.78, 5) is 24.0. The molecule has 86 valence electrons. The molecule has 1 saturated heterocycles. The molecule has 0 spiro atoms. The first kappa shape index (κ1) is 11.8. The summed E-state index contributed by atoms with van der Waals surface area (Å²) < 4.78 is 0. The lowest BCUT2D eigenvalue weighted by atomic mass is 9.99. The molecule has 1 rings (SSSR count). The number of likely N-dealkylation sites (tertiary alicyclic amines) is 1. The van der Waals surface area contributed by atoms with Crippen LogP contribution in [0.5, 0.6) is 0 Å². The Labute approximate surface area is 89.4 Å². The quantitative estimate of drug-likeness (QED) is 0.717. The first-order valence-electron chi connectivity index (χ1n) is 5.29. The van der Waals surface area contributed by atoms with Gasteiger partial charge in [-0.2, -0.15) is 0 Å². The predicted octanol–water partition coefficient (Wildman–Crippen LogP) is 0.901. The molecule has 2 amide bonds. The molecule has 5 nitrogen and oxygen atoms in total. The number of carboxylic acid groups (broad SMARTS) is 1. The summed E-state index contributed by atoms with van der Waals surface area (Å²) in [6, 6.07) is -0.0707. The van der Waals surface area contributed by atoms with Crippen LogP contribution < -0.4 is 5.32 Å². The highest BCUT2D eigenvalue weighted by Gasteiger charge is 2.28. The van der Waals surface area contributed by atoms with Gasteiger partial charge in [0, 0.05) is 19.1 Å². The Bertz CT molecular complexity index is 253. The van der Waals surface area contributed by atoms with E-state index in [4.69, 9.17) is 5.11 Å². The highest BCUT2D eigenvalue weighted by Crippen LogP contribution is 2.16. The smallest absolute Gasteiger partial charge is 0.317 e. The Kier molecular flexibility index (Phi) is 3.94. The van der Waals surface area contributed by atoms with E-state index in [0.29, 0.717) is 19.5 Å². The maximum Gasteiger partial charge on any atom is 0.317 e. The Morgan fingerprint density at radius 2 is 2.13 bits per heavy atom. The number of aliphatic carboxylic acids is 1. The summed E-state index contributed by atoms with van der Waals surface area (Å²) in [7, 11) is 0. The second-order valence-electron chi connectivity index (χ2n) is 4.23. The predicted molar refractivity (Wildman–Crippen MR) is 55.6 cm³/mol. The van der Waals surface area contributed by atoms with E-state index < -0.39 is 11.9 Å². The minimum absolute atomic E-state index is 0.0858. The number of hydrogen-bond donors (Lipinski definition) is 2. The summed E-state index contributed by atoms with van der Waals surface area (Å²) in [6.07, 6.45) is 1.43. The number of urea groups is 1. The summed E-state index contributed by atoms with van der Waals surface area (Å²) in [5, 5.41) is 11.6. The highest BCUT2D eigenvalue weighted by molar-refractivity contribution is 5.76. The molecule has 1 aliphatic rings. The van der Waals surface area contributed by atoms with Crippen LogP contribution in [0.2, 0.25) is 0 Å². The molecule has 15 heavy (non-hydrogen) atoms. The number of rotatable bonds is 2. The van der Waals surface area contributed by atoms with Crippen molar-refractivity contribution in [1.29, 1.82) is 0 Å². The largest absolute Gasteiger partial charge is 0.481 e. The fourth-order valence-electron chi connectivity index (χ4n) is 1.70. The Hall–Kier alpha value is -1.26. The van der Waals surface area contributed by atoms with Gasteiger partial charge in [0.25, 0.3) is 0 Å². The van der Waals surface area contributed by atoms with Gasteiger partial charge in [0.1, 0.15) is 0 Å². The van der Waals surface area contributed by atoms with Crippen LogP contribution in [0.1, 0.15) is 26.7 Å². The van der Waals surface area contributed by atoms with Crippen molar-refractivity contribution in [2.24, 2.45) is 5.92 Å². The van der Waals surface area contributed by atoms with E-state index in [9.17, 15) is 9.59 Å². The number of carbonyl (C=O) groups excluding carboxylic acids is 1. The summed E-state index contributed by atoms with van der Waals surface area (Å²) in [5.74, 6) is -1.21. The SMILES string of the molecule is CC(C)NC(=O)N1CCC[C@@H](C(=O)O)C1. The lowest BCUT2D eigenvalue weighted by molar-refractivity contribution is -0.143. The van der Waals surface area contributed by atoms with Gasteiger partial charge in [0.15, 0.2) is 0 Å². The van der Waals surface area contributed by atoms with E-state index in [2.05, 4.69) is 5.32 Å². The van der Waals surface area contributed by atoms with Crippen LogP contribution >= 0.6 is 0 Å². The van der Waals surface area contributed by atoms with Crippen molar-refractivity contribution in [2.45, 2.75) is 32.7 Å². The Morgan fingerprint density at radius 3 is 2.67 bits per heavy atom.